The Hall–Kier alpha value is -4.28. The zero-order valence-corrected chi connectivity index (χ0v) is 26.6. The number of aromatic nitrogens is 1. The Bertz CT molecular complexity index is 1510. The minimum atomic E-state index is -0.651. The Morgan fingerprint density at radius 2 is 1.30 bits per heavy atom. The lowest BCUT2D eigenvalue weighted by molar-refractivity contribution is -0.0898. The summed E-state index contributed by atoms with van der Waals surface area (Å²) >= 11 is 0. The molecule has 3 aromatic carbocycles. The summed E-state index contributed by atoms with van der Waals surface area (Å²) in [5, 5.41) is 2.75. The predicted molar refractivity (Wildman–Crippen MR) is 177 cm³/mol. The fraction of sp³-hybridized carbons (Fsp3) is 0.351. The lowest BCUT2D eigenvalue weighted by Crippen LogP contribution is -2.39. The topological polar surface area (TPSA) is 114 Å². The van der Waals surface area contributed by atoms with E-state index in [1.54, 1.807) is 33.0 Å². The molecule has 4 aromatic rings. The van der Waals surface area contributed by atoms with Crippen LogP contribution >= 0.6 is 0 Å². The van der Waals surface area contributed by atoms with Crippen molar-refractivity contribution in [2.75, 3.05) is 17.7 Å². The first-order valence-electron chi connectivity index (χ1n) is 15.6. The summed E-state index contributed by atoms with van der Waals surface area (Å²) in [6.45, 7) is 6.92. The number of ether oxygens (including phenoxy) is 5. The zero-order valence-electron chi connectivity index (χ0n) is 26.6. The predicted octanol–water partition coefficient (Wildman–Crippen LogP) is 6.71. The summed E-state index contributed by atoms with van der Waals surface area (Å²) in [7, 11) is 0. The van der Waals surface area contributed by atoms with Gasteiger partial charge in [0.2, 0.25) is 0 Å². The van der Waals surface area contributed by atoms with Crippen LogP contribution in [0.25, 0.3) is 0 Å². The van der Waals surface area contributed by atoms with Gasteiger partial charge in [-0.05, 0) is 43.5 Å². The largest absolute Gasteiger partial charge is 0.444 e. The fourth-order valence-electron chi connectivity index (χ4n) is 5.30. The first-order valence-corrected chi connectivity index (χ1v) is 15.6. The van der Waals surface area contributed by atoms with E-state index in [9.17, 15) is 4.79 Å². The number of amides is 1. The molecule has 1 aromatic heterocycles. The van der Waals surface area contributed by atoms with Crippen molar-refractivity contribution >= 4 is 17.5 Å². The van der Waals surface area contributed by atoms with Crippen molar-refractivity contribution in [1.29, 1.82) is 0 Å². The van der Waals surface area contributed by atoms with Crippen LogP contribution in [0.4, 0.5) is 16.2 Å². The molecular weight excluding hydrogens is 582 g/mol. The van der Waals surface area contributed by atoms with Gasteiger partial charge in [-0.25, -0.2) is 4.79 Å². The van der Waals surface area contributed by atoms with E-state index >= 15 is 0 Å². The van der Waals surface area contributed by atoms with Gasteiger partial charge in [-0.15, -0.1) is 0 Å². The van der Waals surface area contributed by atoms with E-state index in [1.807, 2.05) is 91.0 Å². The van der Waals surface area contributed by atoms with Crippen molar-refractivity contribution in [2.45, 2.75) is 77.0 Å². The van der Waals surface area contributed by atoms with Crippen molar-refractivity contribution in [3.63, 3.8) is 0 Å². The van der Waals surface area contributed by atoms with Gasteiger partial charge >= 0.3 is 6.09 Å². The number of pyridine rings is 1. The number of anilines is 2. The Morgan fingerprint density at radius 3 is 1.85 bits per heavy atom. The van der Waals surface area contributed by atoms with Gasteiger partial charge in [0, 0.05) is 12.6 Å². The smallest absolute Gasteiger partial charge is 0.412 e. The van der Waals surface area contributed by atoms with Crippen LogP contribution in [-0.4, -0.2) is 47.7 Å². The molecule has 242 valence electrons. The molecule has 0 spiro atoms. The van der Waals surface area contributed by atoms with Gasteiger partial charge in [0.15, 0.2) is 0 Å². The molecule has 5 rings (SSSR count). The number of nitrogens with zero attached hydrogens (tertiary/aromatic N) is 1. The number of hydrogen-bond donors (Lipinski definition) is 2. The minimum absolute atomic E-state index is 0.305. The second-order valence-corrected chi connectivity index (χ2v) is 12.3. The molecule has 2 unspecified atom stereocenters. The normalized spacial score (nSPS) is 19.5. The monoisotopic (exact) mass is 625 g/mol. The number of hydrogen-bond acceptors (Lipinski definition) is 8. The first kappa shape index (κ1) is 33.1. The number of nitrogens with two attached hydrogens (primary N) is 1. The highest BCUT2D eigenvalue weighted by atomic mass is 16.6. The Labute approximate surface area is 271 Å². The molecule has 3 N–H and O–H groups in total. The van der Waals surface area contributed by atoms with E-state index in [2.05, 4.69) is 10.3 Å². The van der Waals surface area contributed by atoms with Crippen LogP contribution in [0.5, 0.6) is 0 Å². The van der Waals surface area contributed by atoms with Crippen LogP contribution in [0.15, 0.2) is 103 Å². The standard InChI is InChI=1S/C37H43N3O6/c1-37(2,3)46-36(41)40-29-19-20-39-30(33(29)38)21-31-34(43-23-27-15-9-5-10-16-27)35(44-24-28-17-11-6-12-18-28)32(45-31)25-42-22-26-13-7-4-8-14-26/h4-20,31-32,34-35H,21-25,38H2,1-3H3,(H,39,40,41)/t31-,32-,34?,35?/m1/s1. The molecule has 1 saturated heterocycles. The molecule has 0 radical (unpaired) electrons. The van der Waals surface area contributed by atoms with Gasteiger partial charge in [-0.3, -0.25) is 10.3 Å². The average Bonchev–Trinajstić information content (AvgIpc) is 3.36. The number of benzene rings is 3. The van der Waals surface area contributed by atoms with Crippen molar-refractivity contribution in [2.24, 2.45) is 0 Å². The lowest BCUT2D eigenvalue weighted by atomic mass is 10.0. The average molecular weight is 626 g/mol. The maximum Gasteiger partial charge on any atom is 0.412 e. The molecule has 0 saturated carbocycles. The fourth-order valence-corrected chi connectivity index (χ4v) is 5.30. The number of carbonyl (C=O) groups is 1. The van der Waals surface area contributed by atoms with Crippen LogP contribution in [-0.2, 0) is 49.9 Å². The maximum absolute atomic E-state index is 12.5. The Kier molecular flexibility index (Phi) is 11.4. The maximum atomic E-state index is 12.5. The van der Waals surface area contributed by atoms with E-state index in [-0.39, 0.29) is 0 Å². The van der Waals surface area contributed by atoms with Crippen molar-refractivity contribution in [1.82, 2.24) is 4.98 Å². The van der Waals surface area contributed by atoms with E-state index in [1.165, 1.54) is 0 Å². The summed E-state index contributed by atoms with van der Waals surface area (Å²) in [6.07, 6.45) is -0.426. The molecule has 1 aliphatic rings. The zero-order chi connectivity index (χ0) is 32.4. The van der Waals surface area contributed by atoms with Gasteiger partial charge in [0.25, 0.3) is 0 Å². The molecule has 2 heterocycles. The van der Waals surface area contributed by atoms with Crippen LogP contribution in [0.3, 0.4) is 0 Å². The third kappa shape index (κ3) is 9.61. The summed E-state index contributed by atoms with van der Waals surface area (Å²) in [6, 6.07) is 31.7. The molecule has 1 aliphatic heterocycles. The Balaban J connectivity index is 1.37. The summed E-state index contributed by atoms with van der Waals surface area (Å²) in [4.78, 5) is 17.1. The third-order valence-corrected chi connectivity index (χ3v) is 7.47. The number of rotatable bonds is 13. The van der Waals surface area contributed by atoms with Gasteiger partial charge < -0.3 is 29.4 Å². The summed E-state index contributed by atoms with van der Waals surface area (Å²) < 4.78 is 31.4. The second kappa shape index (κ2) is 15.8. The van der Waals surface area contributed by atoms with Gasteiger partial charge in [-0.1, -0.05) is 91.0 Å². The third-order valence-electron chi connectivity index (χ3n) is 7.47. The molecule has 46 heavy (non-hydrogen) atoms. The van der Waals surface area contributed by atoms with E-state index in [0.29, 0.717) is 49.9 Å². The van der Waals surface area contributed by atoms with Gasteiger partial charge in [0.05, 0.1) is 49.6 Å². The molecule has 9 nitrogen and oxygen atoms in total. The lowest BCUT2D eigenvalue weighted by Gasteiger charge is -2.25. The molecule has 1 fully saturated rings. The molecule has 1 amide bonds. The van der Waals surface area contributed by atoms with E-state index < -0.39 is 36.1 Å². The van der Waals surface area contributed by atoms with E-state index in [0.717, 1.165) is 16.7 Å². The van der Waals surface area contributed by atoms with Crippen molar-refractivity contribution < 1.29 is 28.5 Å². The first-order chi connectivity index (χ1) is 22.2. The second-order valence-electron chi connectivity index (χ2n) is 12.3. The highest BCUT2D eigenvalue weighted by Crippen LogP contribution is 2.33. The number of carbonyl (C=O) groups excluding carboxylic acids is 1. The Morgan fingerprint density at radius 1 is 0.783 bits per heavy atom. The quantitative estimate of drug-likeness (QED) is 0.169. The minimum Gasteiger partial charge on any atom is -0.444 e. The van der Waals surface area contributed by atoms with Crippen LogP contribution in [0.1, 0.15) is 43.2 Å². The van der Waals surface area contributed by atoms with Crippen molar-refractivity contribution in [3.05, 3.63) is 126 Å². The van der Waals surface area contributed by atoms with Gasteiger partial charge in [-0.2, -0.15) is 0 Å². The van der Waals surface area contributed by atoms with Crippen LogP contribution in [0.2, 0.25) is 0 Å². The SMILES string of the molecule is CC(C)(C)OC(=O)Nc1ccnc(C[C@H]2O[C@H](COCc3ccccc3)C(OCc3ccccc3)C2OCc2ccccc2)c1N. The molecule has 4 atom stereocenters. The molecule has 9 heteroatoms. The number of nitrogen functional groups attached to an aromatic ring is 1. The molecular formula is C37H43N3O6. The highest BCUT2D eigenvalue weighted by molar-refractivity contribution is 5.89. The van der Waals surface area contributed by atoms with Crippen LogP contribution in [0, 0.1) is 0 Å². The highest BCUT2D eigenvalue weighted by Gasteiger charge is 2.46. The van der Waals surface area contributed by atoms with E-state index in [4.69, 9.17) is 29.4 Å². The molecule has 0 aliphatic carbocycles. The van der Waals surface area contributed by atoms with Crippen molar-refractivity contribution in [3.8, 4) is 0 Å². The summed E-state index contributed by atoms with van der Waals surface area (Å²) in [5.41, 5.74) is 10.4. The van der Waals surface area contributed by atoms with Gasteiger partial charge in [0.1, 0.15) is 23.9 Å². The van der Waals surface area contributed by atoms with Crippen LogP contribution < -0.4 is 11.1 Å². The number of nitrogens with one attached hydrogen (secondary N) is 1. The summed E-state index contributed by atoms with van der Waals surface area (Å²) in [5.74, 6) is 0. The molecule has 0 bridgehead atoms.